The van der Waals surface area contributed by atoms with E-state index in [0.29, 0.717) is 26.4 Å². The average Bonchev–Trinajstić information content (AvgIpc) is 2.69. The number of ether oxygens (including phenoxy) is 4. The maximum atomic E-state index is 9.23. The Morgan fingerprint density at radius 1 is 0.852 bits per heavy atom. The summed E-state index contributed by atoms with van der Waals surface area (Å²) in [6.45, 7) is 3.60. The van der Waals surface area contributed by atoms with E-state index in [9.17, 15) is 5.11 Å². The van der Waals surface area contributed by atoms with Crippen molar-refractivity contribution in [2.75, 3.05) is 24.8 Å². The largest absolute Gasteiger partial charge is 0.491 e. The van der Waals surface area contributed by atoms with Gasteiger partial charge in [0, 0.05) is 11.5 Å². The molecule has 1 N–H and O–H groups in total. The second-order valence-corrected chi connectivity index (χ2v) is 7.14. The summed E-state index contributed by atoms with van der Waals surface area (Å²) in [5, 5.41) is 9.23. The van der Waals surface area contributed by atoms with E-state index in [1.54, 1.807) is 14.0 Å². The van der Waals surface area contributed by atoms with E-state index in [1.807, 2.05) is 48.5 Å². The lowest BCUT2D eigenvalue weighted by molar-refractivity contribution is 0.0769. The van der Waals surface area contributed by atoms with Crippen molar-refractivity contribution in [3.05, 3.63) is 59.7 Å². The summed E-state index contributed by atoms with van der Waals surface area (Å²) in [5.74, 6) is 1.58. The van der Waals surface area contributed by atoms with Crippen LogP contribution in [-0.2, 0) is 22.7 Å². The molecule has 0 bridgehead atoms. The Balaban J connectivity index is 1.72. The third-order valence-electron chi connectivity index (χ3n) is 3.82. The second kappa shape index (κ2) is 12.2. The van der Waals surface area contributed by atoms with Gasteiger partial charge in [0.15, 0.2) is 0 Å². The number of aliphatic hydroxyl groups excluding tert-OH is 1. The first-order valence-corrected chi connectivity index (χ1v) is 10.4. The molecule has 0 spiro atoms. The molecule has 0 aromatic heterocycles. The highest BCUT2D eigenvalue weighted by Gasteiger charge is 2.06. The summed E-state index contributed by atoms with van der Waals surface area (Å²) in [7, 11) is 1.70. The van der Waals surface area contributed by atoms with E-state index in [4.69, 9.17) is 18.9 Å². The van der Waals surface area contributed by atoms with Gasteiger partial charge in [-0.2, -0.15) is 0 Å². The molecule has 0 amide bonds. The number of rotatable bonds is 12. The molecule has 6 heteroatoms. The van der Waals surface area contributed by atoms with Gasteiger partial charge in [0.25, 0.3) is 0 Å². The highest BCUT2D eigenvalue weighted by Crippen LogP contribution is 2.16. The molecule has 0 aliphatic carbocycles. The van der Waals surface area contributed by atoms with E-state index in [2.05, 4.69) is 22.6 Å². The summed E-state index contributed by atoms with van der Waals surface area (Å²) < 4.78 is 23.1. The zero-order chi connectivity index (χ0) is 19.5. The SMILES string of the molecule is COC(CI)COc1ccc(COCc2ccc(OCC(C)O)cc2)cc1. The molecule has 2 rings (SSSR count). The minimum absolute atomic E-state index is 0.109. The lowest BCUT2D eigenvalue weighted by atomic mass is 10.2. The maximum absolute atomic E-state index is 9.23. The number of aliphatic hydroxyl groups is 1. The number of benzene rings is 2. The van der Waals surface area contributed by atoms with E-state index >= 15 is 0 Å². The van der Waals surface area contributed by atoms with Crippen LogP contribution in [0.3, 0.4) is 0 Å². The van der Waals surface area contributed by atoms with Crippen LogP contribution >= 0.6 is 22.6 Å². The van der Waals surface area contributed by atoms with Crippen molar-refractivity contribution < 1.29 is 24.1 Å². The average molecular weight is 486 g/mol. The van der Waals surface area contributed by atoms with Crippen molar-refractivity contribution in [3.63, 3.8) is 0 Å². The van der Waals surface area contributed by atoms with Gasteiger partial charge in [0.1, 0.15) is 24.7 Å². The number of methoxy groups -OCH3 is 1. The van der Waals surface area contributed by atoms with Crippen LogP contribution in [0.1, 0.15) is 18.1 Å². The Morgan fingerprint density at radius 3 is 1.74 bits per heavy atom. The smallest absolute Gasteiger partial charge is 0.119 e. The monoisotopic (exact) mass is 486 g/mol. The van der Waals surface area contributed by atoms with E-state index < -0.39 is 6.10 Å². The van der Waals surface area contributed by atoms with Gasteiger partial charge in [0.05, 0.1) is 25.4 Å². The Kier molecular flexibility index (Phi) is 9.90. The second-order valence-electron chi connectivity index (χ2n) is 6.26. The van der Waals surface area contributed by atoms with Crippen molar-refractivity contribution in [2.24, 2.45) is 0 Å². The molecule has 27 heavy (non-hydrogen) atoms. The summed E-state index contributed by atoms with van der Waals surface area (Å²) >= 11 is 2.29. The van der Waals surface area contributed by atoms with Crippen molar-refractivity contribution in [1.29, 1.82) is 0 Å². The van der Waals surface area contributed by atoms with Crippen molar-refractivity contribution in [3.8, 4) is 11.5 Å². The Morgan fingerprint density at radius 2 is 1.33 bits per heavy atom. The molecular weight excluding hydrogens is 459 g/mol. The van der Waals surface area contributed by atoms with Gasteiger partial charge in [-0.1, -0.05) is 46.9 Å². The standard InChI is InChI=1S/C21H27IO5/c1-16(23)12-26-19-7-3-17(4-8-19)13-25-14-18-5-9-20(10-6-18)27-15-21(11-22)24-2/h3-10,16,21,23H,11-15H2,1-2H3. The Bertz CT molecular complexity index is 639. The van der Waals surface area contributed by atoms with Crippen LogP contribution in [0.4, 0.5) is 0 Å². The Labute approximate surface area is 174 Å². The first-order valence-electron chi connectivity index (χ1n) is 8.88. The summed E-state index contributed by atoms with van der Waals surface area (Å²) in [6.07, 6.45) is -0.366. The third-order valence-corrected chi connectivity index (χ3v) is 4.80. The van der Waals surface area contributed by atoms with Crippen molar-refractivity contribution in [2.45, 2.75) is 32.3 Å². The first-order chi connectivity index (χ1) is 13.1. The zero-order valence-corrected chi connectivity index (χ0v) is 17.9. The molecule has 148 valence electrons. The topological polar surface area (TPSA) is 57.2 Å². The van der Waals surface area contributed by atoms with E-state index in [-0.39, 0.29) is 6.10 Å². The van der Waals surface area contributed by atoms with Gasteiger partial charge < -0.3 is 24.1 Å². The predicted octanol–water partition coefficient (Wildman–Crippen LogP) is 3.99. The minimum Gasteiger partial charge on any atom is -0.491 e. The van der Waals surface area contributed by atoms with Gasteiger partial charge in [-0.05, 0) is 42.3 Å². The van der Waals surface area contributed by atoms with Gasteiger partial charge in [-0.15, -0.1) is 0 Å². The highest BCUT2D eigenvalue weighted by molar-refractivity contribution is 14.1. The molecule has 0 aliphatic rings. The fourth-order valence-electron chi connectivity index (χ4n) is 2.23. The molecular formula is C21H27IO5. The summed E-state index contributed by atoms with van der Waals surface area (Å²) in [5.41, 5.74) is 2.17. The number of hydrogen-bond donors (Lipinski definition) is 1. The molecule has 0 fully saturated rings. The van der Waals surface area contributed by atoms with Gasteiger partial charge in [-0.25, -0.2) is 0 Å². The quantitative estimate of drug-likeness (QED) is 0.363. The molecule has 5 nitrogen and oxygen atoms in total. The molecule has 2 unspecified atom stereocenters. The lowest BCUT2D eigenvalue weighted by Gasteiger charge is -2.13. The van der Waals surface area contributed by atoms with Crippen LogP contribution in [-0.4, -0.2) is 42.1 Å². The summed E-state index contributed by atoms with van der Waals surface area (Å²) in [6, 6.07) is 15.6. The third kappa shape index (κ3) is 8.47. The lowest BCUT2D eigenvalue weighted by Crippen LogP contribution is -2.21. The molecule has 0 saturated carbocycles. The van der Waals surface area contributed by atoms with Crippen LogP contribution in [0.25, 0.3) is 0 Å². The number of alkyl halides is 1. The van der Waals surface area contributed by atoms with Gasteiger partial charge in [0.2, 0.25) is 0 Å². The predicted molar refractivity (Wildman–Crippen MR) is 114 cm³/mol. The highest BCUT2D eigenvalue weighted by atomic mass is 127. The molecule has 0 aliphatic heterocycles. The molecule has 2 aromatic carbocycles. The van der Waals surface area contributed by atoms with Gasteiger partial charge >= 0.3 is 0 Å². The van der Waals surface area contributed by atoms with Crippen LogP contribution in [0, 0.1) is 0 Å². The maximum Gasteiger partial charge on any atom is 0.119 e. The molecule has 0 radical (unpaired) electrons. The first kappa shape index (κ1) is 21.9. The zero-order valence-electron chi connectivity index (χ0n) is 15.8. The normalized spacial score (nSPS) is 13.2. The van der Waals surface area contributed by atoms with Crippen molar-refractivity contribution >= 4 is 22.6 Å². The van der Waals surface area contributed by atoms with Crippen LogP contribution < -0.4 is 9.47 Å². The number of halogens is 1. The van der Waals surface area contributed by atoms with Gasteiger partial charge in [-0.3, -0.25) is 0 Å². The van der Waals surface area contributed by atoms with E-state index in [0.717, 1.165) is 27.1 Å². The Hall–Kier alpha value is -1.35. The summed E-state index contributed by atoms with van der Waals surface area (Å²) in [4.78, 5) is 0. The molecule has 2 atom stereocenters. The van der Waals surface area contributed by atoms with Crippen LogP contribution in [0.2, 0.25) is 0 Å². The molecule has 0 saturated heterocycles. The molecule has 0 heterocycles. The van der Waals surface area contributed by atoms with E-state index in [1.165, 1.54) is 0 Å². The van der Waals surface area contributed by atoms with Crippen LogP contribution in [0.15, 0.2) is 48.5 Å². The molecule has 2 aromatic rings. The van der Waals surface area contributed by atoms with Crippen molar-refractivity contribution in [1.82, 2.24) is 0 Å². The number of hydrogen-bond acceptors (Lipinski definition) is 5. The fourth-order valence-corrected chi connectivity index (χ4v) is 2.85. The fraction of sp³-hybridized carbons (Fsp3) is 0.429. The minimum atomic E-state index is -0.475. The van der Waals surface area contributed by atoms with Crippen LogP contribution in [0.5, 0.6) is 11.5 Å².